The van der Waals surface area contributed by atoms with Gasteiger partial charge in [-0.3, -0.25) is 4.79 Å². The molecule has 0 N–H and O–H groups in total. The number of aryl methyl sites for hydroxylation is 1. The molecule has 0 aliphatic heterocycles. The molecule has 0 saturated heterocycles. The Morgan fingerprint density at radius 2 is 2.00 bits per heavy atom. The summed E-state index contributed by atoms with van der Waals surface area (Å²) in [5.41, 5.74) is 1.05. The van der Waals surface area contributed by atoms with Gasteiger partial charge in [-0.2, -0.15) is 0 Å². The summed E-state index contributed by atoms with van der Waals surface area (Å²) in [5, 5.41) is 0. The van der Waals surface area contributed by atoms with Gasteiger partial charge in [-0.1, -0.05) is 0 Å². The standard InChI is InChI=1S/C10H16N2O/c1-4-12(5-2)9-6-7-11(3)10(13)8-9/h6-8H,4-5H2,1-3H3. The molecule has 3 heteroatoms. The van der Waals surface area contributed by atoms with E-state index in [0.717, 1.165) is 18.8 Å². The van der Waals surface area contributed by atoms with E-state index in [9.17, 15) is 4.79 Å². The van der Waals surface area contributed by atoms with E-state index < -0.39 is 0 Å². The molecule has 0 aliphatic carbocycles. The first-order valence-electron chi connectivity index (χ1n) is 4.60. The first-order valence-corrected chi connectivity index (χ1v) is 4.60. The van der Waals surface area contributed by atoms with E-state index in [-0.39, 0.29) is 5.56 Å². The summed E-state index contributed by atoms with van der Waals surface area (Å²) in [6, 6.07) is 3.64. The lowest BCUT2D eigenvalue weighted by molar-refractivity contribution is 0.830. The molecule has 1 aromatic heterocycles. The Morgan fingerprint density at radius 1 is 1.38 bits per heavy atom. The predicted molar refractivity (Wildman–Crippen MR) is 55.2 cm³/mol. The van der Waals surface area contributed by atoms with E-state index in [2.05, 4.69) is 18.7 Å². The van der Waals surface area contributed by atoms with E-state index in [1.165, 1.54) is 0 Å². The third-order valence-corrected chi connectivity index (χ3v) is 2.22. The molecule has 1 heterocycles. The van der Waals surface area contributed by atoms with Crippen LogP contribution in [0, 0.1) is 0 Å². The van der Waals surface area contributed by atoms with Crippen molar-refractivity contribution >= 4 is 5.69 Å². The summed E-state index contributed by atoms with van der Waals surface area (Å²) >= 11 is 0. The van der Waals surface area contributed by atoms with Crippen LogP contribution >= 0.6 is 0 Å². The zero-order valence-corrected chi connectivity index (χ0v) is 8.45. The number of rotatable bonds is 3. The highest BCUT2D eigenvalue weighted by Crippen LogP contribution is 2.08. The lowest BCUT2D eigenvalue weighted by Gasteiger charge is -2.20. The second-order valence-electron chi connectivity index (χ2n) is 3.01. The number of nitrogens with zero attached hydrogens (tertiary/aromatic N) is 2. The molecule has 72 valence electrons. The van der Waals surface area contributed by atoms with Gasteiger partial charge in [0, 0.05) is 38.1 Å². The summed E-state index contributed by atoms with van der Waals surface area (Å²) in [5.74, 6) is 0. The highest BCUT2D eigenvalue weighted by atomic mass is 16.1. The van der Waals surface area contributed by atoms with Crippen LogP contribution in [0.2, 0.25) is 0 Å². The Labute approximate surface area is 78.6 Å². The second-order valence-corrected chi connectivity index (χ2v) is 3.01. The molecule has 0 amide bonds. The number of aromatic nitrogens is 1. The molecule has 1 rings (SSSR count). The molecule has 0 radical (unpaired) electrons. The Morgan fingerprint density at radius 3 is 2.46 bits per heavy atom. The fourth-order valence-electron chi connectivity index (χ4n) is 1.32. The maximum atomic E-state index is 11.3. The zero-order valence-electron chi connectivity index (χ0n) is 8.45. The number of hydrogen-bond acceptors (Lipinski definition) is 2. The highest BCUT2D eigenvalue weighted by Gasteiger charge is 2.01. The maximum absolute atomic E-state index is 11.3. The first kappa shape index (κ1) is 9.84. The Bertz CT molecular complexity index is 326. The van der Waals surface area contributed by atoms with Crippen molar-refractivity contribution in [2.45, 2.75) is 13.8 Å². The van der Waals surface area contributed by atoms with Crippen LogP contribution in [0.3, 0.4) is 0 Å². The molecule has 13 heavy (non-hydrogen) atoms. The third kappa shape index (κ3) is 2.11. The minimum absolute atomic E-state index is 0.0457. The molecule has 0 unspecified atom stereocenters. The van der Waals surface area contributed by atoms with E-state index >= 15 is 0 Å². The molecule has 0 spiro atoms. The van der Waals surface area contributed by atoms with Crippen molar-refractivity contribution in [3.05, 3.63) is 28.7 Å². The van der Waals surface area contributed by atoms with Gasteiger partial charge in [0.2, 0.25) is 0 Å². The highest BCUT2D eigenvalue weighted by molar-refractivity contribution is 5.44. The van der Waals surface area contributed by atoms with Gasteiger partial charge in [0.25, 0.3) is 5.56 Å². The van der Waals surface area contributed by atoms with Gasteiger partial charge in [-0.05, 0) is 19.9 Å². The molecule has 0 atom stereocenters. The third-order valence-electron chi connectivity index (χ3n) is 2.22. The van der Waals surface area contributed by atoms with Crippen LogP contribution in [-0.2, 0) is 7.05 Å². The monoisotopic (exact) mass is 180 g/mol. The van der Waals surface area contributed by atoms with Gasteiger partial charge in [0.1, 0.15) is 0 Å². The fourth-order valence-corrected chi connectivity index (χ4v) is 1.32. The average Bonchev–Trinajstić information content (AvgIpc) is 2.13. The van der Waals surface area contributed by atoms with E-state index in [1.807, 2.05) is 6.07 Å². The molecule has 3 nitrogen and oxygen atoms in total. The van der Waals surface area contributed by atoms with Crippen LogP contribution in [-0.4, -0.2) is 17.7 Å². The van der Waals surface area contributed by atoms with Crippen LogP contribution in [0.1, 0.15) is 13.8 Å². The van der Waals surface area contributed by atoms with E-state index in [4.69, 9.17) is 0 Å². The van der Waals surface area contributed by atoms with Crippen LogP contribution in [0.15, 0.2) is 23.1 Å². The molecule has 0 aliphatic rings. The minimum atomic E-state index is 0.0457. The maximum Gasteiger partial charge on any atom is 0.252 e. The van der Waals surface area contributed by atoms with Gasteiger partial charge in [0.05, 0.1) is 0 Å². The Hall–Kier alpha value is -1.25. The van der Waals surface area contributed by atoms with Crippen LogP contribution in [0.25, 0.3) is 0 Å². The Balaban J connectivity index is 3.02. The second kappa shape index (κ2) is 4.12. The predicted octanol–water partition coefficient (Wildman–Crippen LogP) is 1.23. The molecule has 1 aromatic rings. The summed E-state index contributed by atoms with van der Waals surface area (Å²) in [4.78, 5) is 13.5. The normalized spacial score (nSPS) is 10.1. The van der Waals surface area contributed by atoms with Gasteiger partial charge in [-0.25, -0.2) is 0 Å². The van der Waals surface area contributed by atoms with Crippen LogP contribution in [0.5, 0.6) is 0 Å². The molecule has 0 saturated carbocycles. The molecular weight excluding hydrogens is 164 g/mol. The van der Waals surface area contributed by atoms with Crippen LogP contribution < -0.4 is 10.5 Å². The molecule has 0 bridgehead atoms. The van der Waals surface area contributed by atoms with Crippen molar-refractivity contribution < 1.29 is 0 Å². The largest absolute Gasteiger partial charge is 0.372 e. The Kier molecular flexibility index (Phi) is 3.12. The molecular formula is C10H16N2O. The topological polar surface area (TPSA) is 25.2 Å². The fraction of sp³-hybridized carbons (Fsp3) is 0.500. The summed E-state index contributed by atoms with van der Waals surface area (Å²) < 4.78 is 1.58. The average molecular weight is 180 g/mol. The molecule has 0 fully saturated rings. The van der Waals surface area contributed by atoms with Crippen molar-refractivity contribution in [3.8, 4) is 0 Å². The summed E-state index contributed by atoms with van der Waals surface area (Å²) in [7, 11) is 1.76. The first-order chi connectivity index (χ1) is 6.19. The number of hydrogen-bond donors (Lipinski definition) is 0. The minimum Gasteiger partial charge on any atom is -0.372 e. The van der Waals surface area contributed by atoms with E-state index in [1.54, 1.807) is 23.9 Å². The number of pyridine rings is 1. The van der Waals surface area contributed by atoms with Gasteiger partial charge in [-0.15, -0.1) is 0 Å². The van der Waals surface area contributed by atoms with Crippen molar-refractivity contribution in [2.75, 3.05) is 18.0 Å². The smallest absolute Gasteiger partial charge is 0.252 e. The SMILES string of the molecule is CCN(CC)c1ccn(C)c(=O)c1. The van der Waals surface area contributed by atoms with Gasteiger partial charge < -0.3 is 9.47 Å². The molecule has 0 aromatic carbocycles. The van der Waals surface area contributed by atoms with Crippen molar-refractivity contribution in [1.29, 1.82) is 0 Å². The van der Waals surface area contributed by atoms with Crippen molar-refractivity contribution in [3.63, 3.8) is 0 Å². The number of anilines is 1. The van der Waals surface area contributed by atoms with Gasteiger partial charge in [0.15, 0.2) is 0 Å². The van der Waals surface area contributed by atoms with Crippen molar-refractivity contribution in [1.82, 2.24) is 4.57 Å². The van der Waals surface area contributed by atoms with Crippen molar-refractivity contribution in [2.24, 2.45) is 7.05 Å². The lowest BCUT2D eigenvalue weighted by atomic mass is 10.3. The lowest BCUT2D eigenvalue weighted by Crippen LogP contribution is -2.25. The summed E-state index contributed by atoms with van der Waals surface area (Å²) in [6.45, 7) is 6.04. The zero-order chi connectivity index (χ0) is 9.84. The van der Waals surface area contributed by atoms with E-state index in [0.29, 0.717) is 0 Å². The van der Waals surface area contributed by atoms with Gasteiger partial charge >= 0.3 is 0 Å². The quantitative estimate of drug-likeness (QED) is 0.699. The summed E-state index contributed by atoms with van der Waals surface area (Å²) in [6.07, 6.45) is 1.80. The van der Waals surface area contributed by atoms with Crippen LogP contribution in [0.4, 0.5) is 5.69 Å².